The van der Waals surface area contributed by atoms with Crippen molar-refractivity contribution >= 4 is 17.6 Å². The van der Waals surface area contributed by atoms with E-state index in [1.54, 1.807) is 36.5 Å². The fraction of sp³-hybridized carbons (Fsp3) is 0. The SMILES string of the molecule is NNC(=O)c1ccc(C(=O)Nc2ccccn2)cc1. The number of amides is 2. The summed E-state index contributed by atoms with van der Waals surface area (Å²) in [5, 5.41) is 2.65. The molecule has 0 fully saturated rings. The zero-order valence-corrected chi connectivity index (χ0v) is 9.96. The quantitative estimate of drug-likeness (QED) is 0.432. The molecule has 0 aliphatic rings. The third kappa shape index (κ3) is 3.14. The summed E-state index contributed by atoms with van der Waals surface area (Å²) in [6.07, 6.45) is 1.59. The van der Waals surface area contributed by atoms with Gasteiger partial charge in [0.2, 0.25) is 0 Å². The molecule has 6 heteroatoms. The van der Waals surface area contributed by atoms with E-state index in [-0.39, 0.29) is 5.91 Å². The predicted molar refractivity (Wildman–Crippen MR) is 70.3 cm³/mol. The first-order valence-corrected chi connectivity index (χ1v) is 5.54. The molecule has 0 aliphatic carbocycles. The number of hydrogen-bond donors (Lipinski definition) is 3. The summed E-state index contributed by atoms with van der Waals surface area (Å²) in [7, 11) is 0. The van der Waals surface area contributed by atoms with Crippen LogP contribution in [-0.4, -0.2) is 16.8 Å². The molecular weight excluding hydrogens is 244 g/mol. The molecule has 2 aromatic rings. The number of aromatic nitrogens is 1. The molecule has 0 spiro atoms. The van der Waals surface area contributed by atoms with Gasteiger partial charge in [0.15, 0.2) is 0 Å². The predicted octanol–water partition coefficient (Wildman–Crippen LogP) is 0.937. The zero-order valence-electron chi connectivity index (χ0n) is 9.96. The molecule has 0 atom stereocenters. The highest BCUT2D eigenvalue weighted by atomic mass is 16.2. The molecule has 2 amide bonds. The van der Waals surface area contributed by atoms with E-state index in [1.165, 1.54) is 12.1 Å². The molecule has 0 unspecified atom stereocenters. The van der Waals surface area contributed by atoms with Gasteiger partial charge in [-0.1, -0.05) is 6.07 Å². The smallest absolute Gasteiger partial charge is 0.265 e. The lowest BCUT2D eigenvalue weighted by Crippen LogP contribution is -2.29. The monoisotopic (exact) mass is 256 g/mol. The minimum Gasteiger partial charge on any atom is -0.307 e. The third-order valence-electron chi connectivity index (χ3n) is 2.45. The number of nitrogens with one attached hydrogen (secondary N) is 2. The molecule has 0 aliphatic heterocycles. The first kappa shape index (κ1) is 12.7. The highest BCUT2D eigenvalue weighted by Crippen LogP contribution is 2.07. The molecule has 0 saturated carbocycles. The van der Waals surface area contributed by atoms with Crippen LogP contribution in [0.15, 0.2) is 48.7 Å². The van der Waals surface area contributed by atoms with Crippen LogP contribution in [-0.2, 0) is 0 Å². The van der Waals surface area contributed by atoms with Gasteiger partial charge in [0.05, 0.1) is 0 Å². The largest absolute Gasteiger partial charge is 0.307 e. The minimum absolute atomic E-state index is 0.293. The fourth-order valence-corrected chi connectivity index (χ4v) is 1.48. The lowest BCUT2D eigenvalue weighted by molar-refractivity contribution is 0.0952. The Labute approximate surface area is 109 Å². The maximum atomic E-state index is 11.9. The van der Waals surface area contributed by atoms with Crippen molar-refractivity contribution in [3.63, 3.8) is 0 Å². The number of hydrogen-bond acceptors (Lipinski definition) is 4. The maximum Gasteiger partial charge on any atom is 0.265 e. The summed E-state index contributed by atoms with van der Waals surface area (Å²) in [6.45, 7) is 0. The van der Waals surface area contributed by atoms with Crippen molar-refractivity contribution in [2.24, 2.45) is 5.84 Å². The van der Waals surface area contributed by atoms with E-state index < -0.39 is 5.91 Å². The molecule has 1 aromatic heterocycles. The number of nitrogen functional groups attached to an aromatic ring is 1. The summed E-state index contributed by atoms with van der Waals surface area (Å²) in [5.41, 5.74) is 2.84. The first-order valence-electron chi connectivity index (χ1n) is 5.54. The molecule has 0 bridgehead atoms. The summed E-state index contributed by atoms with van der Waals surface area (Å²) in [6, 6.07) is 11.4. The van der Waals surface area contributed by atoms with Crippen molar-refractivity contribution < 1.29 is 9.59 Å². The van der Waals surface area contributed by atoms with Crippen molar-refractivity contribution in [1.29, 1.82) is 0 Å². The van der Waals surface area contributed by atoms with Crippen LogP contribution >= 0.6 is 0 Å². The van der Waals surface area contributed by atoms with Crippen molar-refractivity contribution in [2.45, 2.75) is 0 Å². The highest BCUT2D eigenvalue weighted by Gasteiger charge is 2.08. The molecule has 2 rings (SSSR count). The van der Waals surface area contributed by atoms with E-state index in [0.717, 1.165) is 0 Å². The molecule has 19 heavy (non-hydrogen) atoms. The average Bonchev–Trinajstić information content (AvgIpc) is 2.47. The number of anilines is 1. The topological polar surface area (TPSA) is 97.1 Å². The molecule has 1 aromatic carbocycles. The van der Waals surface area contributed by atoms with E-state index in [4.69, 9.17) is 5.84 Å². The molecule has 0 radical (unpaired) electrons. The Bertz CT molecular complexity index is 581. The number of hydrazine groups is 1. The number of carbonyl (C=O) groups is 2. The van der Waals surface area contributed by atoms with Crippen LogP contribution in [0.1, 0.15) is 20.7 Å². The van der Waals surface area contributed by atoms with Gasteiger partial charge in [0.25, 0.3) is 11.8 Å². The number of nitrogens with two attached hydrogens (primary N) is 1. The van der Waals surface area contributed by atoms with Crippen LogP contribution in [0, 0.1) is 0 Å². The van der Waals surface area contributed by atoms with Crippen LogP contribution in [0.4, 0.5) is 5.82 Å². The van der Waals surface area contributed by atoms with Crippen LogP contribution < -0.4 is 16.6 Å². The van der Waals surface area contributed by atoms with Crippen LogP contribution in [0.2, 0.25) is 0 Å². The zero-order chi connectivity index (χ0) is 13.7. The second-order valence-electron chi connectivity index (χ2n) is 3.72. The van der Waals surface area contributed by atoms with E-state index in [1.807, 2.05) is 5.43 Å². The number of benzene rings is 1. The van der Waals surface area contributed by atoms with Crippen LogP contribution in [0.5, 0.6) is 0 Å². The molecule has 1 heterocycles. The Hall–Kier alpha value is -2.73. The molecule has 96 valence electrons. The fourth-order valence-electron chi connectivity index (χ4n) is 1.48. The average molecular weight is 256 g/mol. The van der Waals surface area contributed by atoms with Crippen molar-refractivity contribution in [2.75, 3.05) is 5.32 Å². The van der Waals surface area contributed by atoms with Gasteiger partial charge in [0, 0.05) is 17.3 Å². The van der Waals surface area contributed by atoms with Gasteiger partial charge in [-0.25, -0.2) is 10.8 Å². The lowest BCUT2D eigenvalue weighted by atomic mass is 10.1. The molecule has 4 N–H and O–H groups in total. The van der Waals surface area contributed by atoms with Crippen molar-refractivity contribution in [3.8, 4) is 0 Å². The molecule has 0 saturated heterocycles. The maximum absolute atomic E-state index is 11.9. The van der Waals surface area contributed by atoms with Gasteiger partial charge in [0.1, 0.15) is 5.82 Å². The Balaban J connectivity index is 2.10. The molecule has 6 nitrogen and oxygen atoms in total. The minimum atomic E-state index is -0.406. The Morgan fingerprint density at radius 1 is 0.947 bits per heavy atom. The standard InChI is InChI=1S/C13H12N4O2/c14-17-13(19)10-6-4-9(5-7-10)12(18)16-11-3-1-2-8-15-11/h1-8H,14H2,(H,17,19)(H,15,16,18). The van der Waals surface area contributed by atoms with Crippen molar-refractivity contribution in [1.82, 2.24) is 10.4 Å². The van der Waals surface area contributed by atoms with Gasteiger partial charge in [-0.15, -0.1) is 0 Å². The normalized spacial score (nSPS) is 9.74. The van der Waals surface area contributed by atoms with Gasteiger partial charge in [-0.3, -0.25) is 15.0 Å². The Kier molecular flexibility index (Phi) is 3.84. The van der Waals surface area contributed by atoms with Crippen molar-refractivity contribution in [3.05, 3.63) is 59.8 Å². The van der Waals surface area contributed by atoms with Gasteiger partial charge in [-0.2, -0.15) is 0 Å². The number of rotatable bonds is 3. The summed E-state index contributed by atoms with van der Waals surface area (Å²) >= 11 is 0. The van der Waals surface area contributed by atoms with Gasteiger partial charge >= 0.3 is 0 Å². The number of pyridine rings is 1. The van der Waals surface area contributed by atoms with E-state index in [9.17, 15) is 9.59 Å². The second-order valence-corrected chi connectivity index (χ2v) is 3.72. The lowest BCUT2D eigenvalue weighted by Gasteiger charge is -2.05. The van der Waals surface area contributed by atoms with E-state index >= 15 is 0 Å². The number of carbonyl (C=O) groups excluding carboxylic acids is 2. The van der Waals surface area contributed by atoms with Crippen LogP contribution in [0.25, 0.3) is 0 Å². The number of nitrogens with zero attached hydrogens (tertiary/aromatic N) is 1. The van der Waals surface area contributed by atoms with Gasteiger partial charge in [-0.05, 0) is 36.4 Å². The summed E-state index contributed by atoms with van der Waals surface area (Å²) in [4.78, 5) is 27.1. The summed E-state index contributed by atoms with van der Waals surface area (Å²) in [5.74, 6) is 4.79. The Morgan fingerprint density at radius 2 is 1.58 bits per heavy atom. The van der Waals surface area contributed by atoms with E-state index in [2.05, 4.69) is 10.3 Å². The van der Waals surface area contributed by atoms with E-state index in [0.29, 0.717) is 16.9 Å². The highest BCUT2D eigenvalue weighted by molar-refractivity contribution is 6.04. The van der Waals surface area contributed by atoms with Gasteiger partial charge < -0.3 is 5.32 Å². The molecular formula is C13H12N4O2. The summed E-state index contributed by atoms with van der Waals surface area (Å²) < 4.78 is 0. The van der Waals surface area contributed by atoms with Crippen LogP contribution in [0.3, 0.4) is 0 Å². The third-order valence-corrected chi connectivity index (χ3v) is 2.45. The first-order chi connectivity index (χ1) is 9.20. The second kappa shape index (κ2) is 5.74. The Morgan fingerprint density at radius 3 is 2.11 bits per heavy atom.